The van der Waals surface area contributed by atoms with Crippen LogP contribution >= 0.6 is 0 Å². The van der Waals surface area contributed by atoms with Gasteiger partial charge in [-0.15, -0.1) is 0 Å². The average molecular weight is 254 g/mol. The monoisotopic (exact) mass is 254 g/mol. The molecule has 2 rings (SSSR count). The van der Waals surface area contributed by atoms with Gasteiger partial charge in [-0.25, -0.2) is 0 Å². The summed E-state index contributed by atoms with van der Waals surface area (Å²) < 4.78 is 0. The van der Waals surface area contributed by atoms with Crippen molar-refractivity contribution in [1.82, 2.24) is 0 Å². The van der Waals surface area contributed by atoms with E-state index >= 15 is 0 Å². The molecule has 0 bridgehead atoms. The highest BCUT2D eigenvalue weighted by Crippen LogP contribution is 2.52. The maximum absolute atomic E-state index is 10.5. The Hall–Kier alpha value is -0.0800. The van der Waals surface area contributed by atoms with E-state index in [-0.39, 0.29) is 18.1 Å². The Labute approximate surface area is 112 Å². The highest BCUT2D eigenvalue weighted by atomic mass is 16.3. The van der Waals surface area contributed by atoms with Gasteiger partial charge in [0, 0.05) is 5.92 Å². The van der Waals surface area contributed by atoms with E-state index in [1.54, 1.807) is 0 Å². The van der Waals surface area contributed by atoms with E-state index in [1.807, 2.05) is 0 Å². The van der Waals surface area contributed by atoms with Crippen molar-refractivity contribution in [3.8, 4) is 0 Å². The molecule has 0 aromatic carbocycles. The van der Waals surface area contributed by atoms with Crippen LogP contribution in [0.25, 0.3) is 0 Å². The number of hydrogen-bond acceptors (Lipinski definition) is 2. The van der Waals surface area contributed by atoms with Crippen LogP contribution in [0.5, 0.6) is 0 Å². The lowest BCUT2D eigenvalue weighted by Gasteiger charge is -2.26. The lowest BCUT2D eigenvalue weighted by molar-refractivity contribution is -0.00215. The van der Waals surface area contributed by atoms with E-state index in [0.717, 1.165) is 25.7 Å². The van der Waals surface area contributed by atoms with Gasteiger partial charge in [0.25, 0.3) is 0 Å². The summed E-state index contributed by atoms with van der Waals surface area (Å²) >= 11 is 0. The van der Waals surface area contributed by atoms with Crippen LogP contribution in [-0.2, 0) is 0 Å². The van der Waals surface area contributed by atoms with Gasteiger partial charge in [-0.2, -0.15) is 0 Å². The van der Waals surface area contributed by atoms with Gasteiger partial charge < -0.3 is 10.2 Å². The SMILES string of the molecule is CC(C)C[C@@H]1CC2C[C@H](CC(C)C)C(O)C2C1O. The summed E-state index contributed by atoms with van der Waals surface area (Å²) in [6, 6.07) is 0. The maximum Gasteiger partial charge on any atom is 0.0624 e. The van der Waals surface area contributed by atoms with Gasteiger partial charge >= 0.3 is 0 Å². The van der Waals surface area contributed by atoms with Crippen LogP contribution in [-0.4, -0.2) is 22.4 Å². The van der Waals surface area contributed by atoms with Crippen LogP contribution < -0.4 is 0 Å². The molecule has 0 aliphatic heterocycles. The first-order chi connectivity index (χ1) is 8.40. The van der Waals surface area contributed by atoms with E-state index in [4.69, 9.17) is 0 Å². The zero-order valence-electron chi connectivity index (χ0n) is 12.3. The Morgan fingerprint density at radius 2 is 1.22 bits per heavy atom. The first-order valence-corrected chi connectivity index (χ1v) is 7.76. The molecule has 2 nitrogen and oxygen atoms in total. The second-order valence-electron chi connectivity index (χ2n) is 7.57. The third kappa shape index (κ3) is 2.75. The van der Waals surface area contributed by atoms with Gasteiger partial charge in [0.1, 0.15) is 0 Å². The summed E-state index contributed by atoms with van der Waals surface area (Å²) in [7, 11) is 0. The molecule has 0 aromatic heterocycles. The van der Waals surface area contributed by atoms with Gasteiger partial charge in [-0.1, -0.05) is 27.7 Å². The van der Waals surface area contributed by atoms with Crippen molar-refractivity contribution in [2.24, 2.45) is 35.5 Å². The number of hydrogen-bond donors (Lipinski definition) is 2. The molecule has 0 amide bonds. The predicted octanol–water partition coefficient (Wildman–Crippen LogP) is 3.07. The zero-order valence-corrected chi connectivity index (χ0v) is 12.3. The van der Waals surface area contributed by atoms with Gasteiger partial charge in [0.05, 0.1) is 12.2 Å². The van der Waals surface area contributed by atoms with Crippen molar-refractivity contribution in [1.29, 1.82) is 0 Å². The lowest BCUT2D eigenvalue weighted by Crippen LogP contribution is -2.33. The molecule has 2 heteroatoms. The summed E-state index contributed by atoms with van der Waals surface area (Å²) in [5, 5.41) is 20.9. The molecule has 6 atom stereocenters. The third-order valence-electron chi connectivity index (χ3n) is 5.06. The Bertz CT molecular complexity index is 248. The minimum Gasteiger partial charge on any atom is -0.392 e. The summed E-state index contributed by atoms with van der Waals surface area (Å²) in [5.74, 6) is 2.88. The van der Waals surface area contributed by atoms with Crippen molar-refractivity contribution in [2.75, 3.05) is 0 Å². The van der Waals surface area contributed by atoms with Crippen LogP contribution in [0, 0.1) is 35.5 Å². The van der Waals surface area contributed by atoms with Crippen LogP contribution in [0.1, 0.15) is 53.4 Å². The molecule has 0 aromatic rings. The van der Waals surface area contributed by atoms with Gasteiger partial charge in [0.15, 0.2) is 0 Å². The average Bonchev–Trinajstić information content (AvgIpc) is 2.67. The van der Waals surface area contributed by atoms with E-state index in [9.17, 15) is 10.2 Å². The minimum absolute atomic E-state index is 0.164. The van der Waals surface area contributed by atoms with E-state index in [1.165, 1.54) is 0 Å². The summed E-state index contributed by atoms with van der Waals surface area (Å²) in [5.41, 5.74) is 0. The quantitative estimate of drug-likeness (QED) is 0.809. The molecule has 106 valence electrons. The van der Waals surface area contributed by atoms with Crippen molar-refractivity contribution in [2.45, 2.75) is 65.6 Å². The molecule has 4 unspecified atom stereocenters. The normalized spacial score (nSPS) is 44.0. The molecule has 0 spiro atoms. The Kier molecular flexibility index (Phi) is 4.38. The molecule has 2 N–H and O–H groups in total. The highest BCUT2D eigenvalue weighted by molar-refractivity contribution is 5.02. The third-order valence-corrected chi connectivity index (χ3v) is 5.06. The molecule has 0 saturated heterocycles. The second kappa shape index (κ2) is 5.50. The number of aliphatic hydroxyl groups excluding tert-OH is 2. The van der Waals surface area contributed by atoms with Crippen LogP contribution in [0.3, 0.4) is 0 Å². The fourth-order valence-electron chi connectivity index (χ4n) is 4.54. The first kappa shape index (κ1) is 14.3. The molecule has 0 radical (unpaired) electrons. The summed E-state index contributed by atoms with van der Waals surface area (Å²) in [6.07, 6.45) is 3.96. The van der Waals surface area contributed by atoms with Crippen molar-refractivity contribution in [3.05, 3.63) is 0 Å². The second-order valence-corrected chi connectivity index (χ2v) is 7.57. The van der Waals surface area contributed by atoms with E-state index in [2.05, 4.69) is 27.7 Å². The highest BCUT2D eigenvalue weighted by Gasteiger charge is 2.52. The molecule has 0 heterocycles. The van der Waals surface area contributed by atoms with E-state index < -0.39 is 0 Å². The van der Waals surface area contributed by atoms with E-state index in [0.29, 0.717) is 29.6 Å². The Morgan fingerprint density at radius 3 is 1.50 bits per heavy atom. The molecule has 2 fully saturated rings. The van der Waals surface area contributed by atoms with Crippen LogP contribution in [0.4, 0.5) is 0 Å². The number of aliphatic hydroxyl groups is 2. The fourth-order valence-corrected chi connectivity index (χ4v) is 4.54. The number of fused-ring (bicyclic) bond motifs is 1. The molecule has 2 aliphatic carbocycles. The molecule has 2 saturated carbocycles. The largest absolute Gasteiger partial charge is 0.392 e. The molecule has 18 heavy (non-hydrogen) atoms. The molecule has 2 aliphatic rings. The summed E-state index contributed by atoms with van der Waals surface area (Å²) in [4.78, 5) is 0. The zero-order chi connectivity index (χ0) is 13.4. The predicted molar refractivity (Wildman–Crippen MR) is 74.1 cm³/mol. The minimum atomic E-state index is -0.260. The fraction of sp³-hybridized carbons (Fsp3) is 1.00. The first-order valence-electron chi connectivity index (χ1n) is 7.76. The van der Waals surface area contributed by atoms with Gasteiger partial charge in [0.2, 0.25) is 0 Å². The lowest BCUT2D eigenvalue weighted by atomic mass is 9.86. The van der Waals surface area contributed by atoms with Crippen molar-refractivity contribution >= 4 is 0 Å². The Morgan fingerprint density at radius 1 is 0.833 bits per heavy atom. The summed E-state index contributed by atoms with van der Waals surface area (Å²) in [6.45, 7) is 8.88. The molecular formula is C16H30O2. The van der Waals surface area contributed by atoms with Gasteiger partial charge in [-0.3, -0.25) is 0 Å². The Balaban J connectivity index is 1.97. The van der Waals surface area contributed by atoms with Crippen molar-refractivity contribution in [3.63, 3.8) is 0 Å². The molecular weight excluding hydrogens is 224 g/mol. The maximum atomic E-state index is 10.5. The van der Waals surface area contributed by atoms with Crippen LogP contribution in [0.15, 0.2) is 0 Å². The van der Waals surface area contributed by atoms with Crippen LogP contribution in [0.2, 0.25) is 0 Å². The van der Waals surface area contributed by atoms with Crippen molar-refractivity contribution < 1.29 is 10.2 Å². The number of rotatable bonds is 4. The standard InChI is InChI=1S/C16H30O2/c1-9(2)5-12-7-11-8-13(6-10(3)4)16(18)14(11)15(12)17/h9-18H,5-8H2,1-4H3/t11?,12-,13+,14?,15?,16?. The topological polar surface area (TPSA) is 40.5 Å². The van der Waals surface area contributed by atoms with Gasteiger partial charge in [-0.05, 0) is 55.3 Å². The smallest absolute Gasteiger partial charge is 0.0624 e.